The molecule has 0 spiro atoms. The molecule has 1 aromatic rings. The first kappa shape index (κ1) is 11.0. The second kappa shape index (κ2) is 4.96. The molecular formula is C10H10ClFO2. The molecule has 0 heterocycles. The molecule has 0 bridgehead atoms. The number of carbonyl (C=O) groups excluding carboxylic acids is 1. The van der Waals surface area contributed by atoms with Gasteiger partial charge in [-0.3, -0.25) is 4.79 Å². The predicted octanol–water partition coefficient (Wildman–Crippen LogP) is 2.65. The summed E-state index contributed by atoms with van der Waals surface area (Å²) in [6.45, 7) is 0. The van der Waals surface area contributed by atoms with Gasteiger partial charge in [0.05, 0.1) is 12.7 Å². The third-order valence-corrected chi connectivity index (χ3v) is 1.97. The van der Waals surface area contributed by atoms with Crippen LogP contribution in [0.1, 0.15) is 16.8 Å². The Labute approximate surface area is 86.6 Å². The number of halogens is 2. The Morgan fingerprint density at radius 3 is 2.86 bits per heavy atom. The minimum atomic E-state index is -0.455. The van der Waals surface area contributed by atoms with Gasteiger partial charge in [-0.2, -0.15) is 0 Å². The molecule has 1 aromatic carbocycles. The van der Waals surface area contributed by atoms with Crippen LogP contribution in [-0.2, 0) is 0 Å². The highest BCUT2D eigenvalue weighted by atomic mass is 35.5. The van der Waals surface area contributed by atoms with Crippen LogP contribution in [0.15, 0.2) is 18.2 Å². The number of hydrogen-bond acceptors (Lipinski definition) is 2. The first-order valence-electron chi connectivity index (χ1n) is 4.11. The molecule has 76 valence electrons. The summed E-state index contributed by atoms with van der Waals surface area (Å²) in [5.74, 6) is -0.0695. The number of benzene rings is 1. The fourth-order valence-corrected chi connectivity index (χ4v) is 1.29. The highest BCUT2D eigenvalue weighted by Crippen LogP contribution is 2.20. The zero-order valence-corrected chi connectivity index (χ0v) is 8.47. The summed E-state index contributed by atoms with van der Waals surface area (Å²) in [6.07, 6.45) is 0.182. The fourth-order valence-electron chi connectivity index (χ4n) is 1.12. The summed E-state index contributed by atoms with van der Waals surface area (Å²) in [5.41, 5.74) is 0.244. The van der Waals surface area contributed by atoms with Crippen LogP contribution in [0.25, 0.3) is 0 Å². The normalized spacial score (nSPS) is 9.93. The van der Waals surface area contributed by atoms with E-state index in [1.807, 2.05) is 0 Å². The van der Waals surface area contributed by atoms with Crippen molar-refractivity contribution in [3.8, 4) is 5.75 Å². The van der Waals surface area contributed by atoms with Crippen LogP contribution >= 0.6 is 11.6 Å². The Morgan fingerprint density at radius 2 is 2.29 bits per heavy atom. The number of methoxy groups -OCH3 is 1. The molecule has 0 atom stereocenters. The average molecular weight is 217 g/mol. The van der Waals surface area contributed by atoms with E-state index >= 15 is 0 Å². The van der Waals surface area contributed by atoms with Gasteiger partial charge < -0.3 is 4.74 Å². The second-order valence-electron chi connectivity index (χ2n) is 2.71. The monoisotopic (exact) mass is 216 g/mol. The molecule has 2 nitrogen and oxygen atoms in total. The summed E-state index contributed by atoms with van der Waals surface area (Å²) >= 11 is 5.43. The molecule has 0 N–H and O–H groups in total. The van der Waals surface area contributed by atoms with Gasteiger partial charge >= 0.3 is 0 Å². The van der Waals surface area contributed by atoms with Gasteiger partial charge in [0.25, 0.3) is 0 Å². The third kappa shape index (κ3) is 2.45. The highest BCUT2D eigenvalue weighted by Gasteiger charge is 2.12. The zero-order valence-electron chi connectivity index (χ0n) is 7.72. The van der Waals surface area contributed by atoms with Crippen molar-refractivity contribution >= 4 is 17.4 Å². The quantitative estimate of drug-likeness (QED) is 0.571. The number of ketones is 1. The summed E-state index contributed by atoms with van der Waals surface area (Å²) in [4.78, 5) is 11.4. The van der Waals surface area contributed by atoms with Crippen LogP contribution in [0.2, 0.25) is 0 Å². The summed E-state index contributed by atoms with van der Waals surface area (Å²) < 4.78 is 17.8. The smallest absolute Gasteiger partial charge is 0.167 e. The lowest BCUT2D eigenvalue weighted by atomic mass is 10.1. The van der Waals surface area contributed by atoms with E-state index in [1.165, 1.54) is 19.2 Å². The van der Waals surface area contributed by atoms with Crippen molar-refractivity contribution in [1.29, 1.82) is 0 Å². The molecule has 0 aliphatic carbocycles. The molecule has 0 fully saturated rings. The van der Waals surface area contributed by atoms with Crippen LogP contribution in [-0.4, -0.2) is 18.8 Å². The van der Waals surface area contributed by atoms with Crippen molar-refractivity contribution in [3.05, 3.63) is 29.6 Å². The molecule has 0 saturated heterocycles. The largest absolute Gasteiger partial charge is 0.496 e. The van der Waals surface area contributed by atoms with E-state index in [4.69, 9.17) is 16.3 Å². The molecule has 0 unspecified atom stereocenters. The van der Waals surface area contributed by atoms with Crippen molar-refractivity contribution in [1.82, 2.24) is 0 Å². The Kier molecular flexibility index (Phi) is 3.89. The average Bonchev–Trinajstić information content (AvgIpc) is 2.18. The molecule has 0 amide bonds. The van der Waals surface area contributed by atoms with Crippen molar-refractivity contribution in [3.63, 3.8) is 0 Å². The van der Waals surface area contributed by atoms with Crippen LogP contribution in [0, 0.1) is 5.82 Å². The van der Waals surface area contributed by atoms with Crippen LogP contribution < -0.4 is 4.74 Å². The van der Waals surface area contributed by atoms with Crippen molar-refractivity contribution in [2.45, 2.75) is 6.42 Å². The van der Waals surface area contributed by atoms with Crippen LogP contribution in [0.4, 0.5) is 4.39 Å². The Morgan fingerprint density at radius 1 is 1.57 bits per heavy atom. The third-order valence-electron chi connectivity index (χ3n) is 1.78. The number of rotatable bonds is 4. The minimum Gasteiger partial charge on any atom is -0.496 e. The molecule has 0 saturated carbocycles. The Bertz CT molecular complexity index is 339. The lowest BCUT2D eigenvalue weighted by molar-refractivity contribution is 0.0986. The number of ether oxygens (including phenoxy) is 1. The lowest BCUT2D eigenvalue weighted by Crippen LogP contribution is -2.03. The van der Waals surface area contributed by atoms with Gasteiger partial charge in [-0.1, -0.05) is 0 Å². The standard InChI is InChI=1S/C10H10ClFO2/c1-14-10-3-2-7(12)6-8(10)9(13)4-5-11/h2-3,6H,4-5H2,1H3. The molecule has 0 radical (unpaired) electrons. The van der Waals surface area contributed by atoms with Gasteiger partial charge in [0.2, 0.25) is 0 Å². The summed E-state index contributed by atoms with van der Waals surface area (Å²) in [6, 6.07) is 3.83. The molecule has 0 aliphatic rings. The van der Waals surface area contributed by atoms with Gasteiger partial charge in [-0.05, 0) is 18.2 Å². The Balaban J connectivity index is 3.03. The predicted molar refractivity (Wildman–Crippen MR) is 52.6 cm³/mol. The molecular weight excluding hydrogens is 207 g/mol. The van der Waals surface area contributed by atoms with E-state index < -0.39 is 5.82 Å². The van der Waals surface area contributed by atoms with Gasteiger partial charge in [-0.25, -0.2) is 4.39 Å². The SMILES string of the molecule is COc1ccc(F)cc1C(=O)CCCl. The first-order valence-corrected chi connectivity index (χ1v) is 4.65. The van der Waals surface area contributed by atoms with Crippen molar-refractivity contribution < 1.29 is 13.9 Å². The van der Waals surface area contributed by atoms with Crippen LogP contribution in [0.5, 0.6) is 5.75 Å². The van der Waals surface area contributed by atoms with E-state index in [0.29, 0.717) is 5.75 Å². The number of hydrogen-bond donors (Lipinski definition) is 0. The van der Waals surface area contributed by atoms with Gasteiger partial charge in [0.1, 0.15) is 11.6 Å². The maximum atomic E-state index is 12.8. The molecule has 0 aromatic heterocycles. The number of alkyl halides is 1. The van der Waals surface area contributed by atoms with Gasteiger partial charge in [0, 0.05) is 12.3 Å². The van der Waals surface area contributed by atoms with E-state index in [1.54, 1.807) is 0 Å². The number of carbonyl (C=O) groups is 1. The Hall–Kier alpha value is -1.09. The molecule has 1 rings (SSSR count). The van der Waals surface area contributed by atoms with E-state index in [0.717, 1.165) is 6.07 Å². The fraction of sp³-hybridized carbons (Fsp3) is 0.300. The van der Waals surface area contributed by atoms with Crippen molar-refractivity contribution in [2.75, 3.05) is 13.0 Å². The molecule has 14 heavy (non-hydrogen) atoms. The first-order chi connectivity index (χ1) is 6.69. The van der Waals surface area contributed by atoms with E-state index in [-0.39, 0.29) is 23.6 Å². The van der Waals surface area contributed by atoms with E-state index in [9.17, 15) is 9.18 Å². The summed E-state index contributed by atoms with van der Waals surface area (Å²) in [7, 11) is 1.44. The molecule has 0 aliphatic heterocycles. The summed E-state index contributed by atoms with van der Waals surface area (Å²) in [5, 5.41) is 0. The maximum absolute atomic E-state index is 12.8. The second-order valence-corrected chi connectivity index (χ2v) is 3.08. The highest BCUT2D eigenvalue weighted by molar-refractivity contribution is 6.19. The van der Waals surface area contributed by atoms with Gasteiger partial charge in [-0.15, -0.1) is 11.6 Å². The van der Waals surface area contributed by atoms with E-state index in [2.05, 4.69) is 0 Å². The lowest BCUT2D eigenvalue weighted by Gasteiger charge is -2.06. The topological polar surface area (TPSA) is 26.3 Å². The van der Waals surface area contributed by atoms with Crippen LogP contribution in [0.3, 0.4) is 0 Å². The maximum Gasteiger partial charge on any atom is 0.167 e. The van der Waals surface area contributed by atoms with Crippen molar-refractivity contribution in [2.24, 2.45) is 0 Å². The zero-order chi connectivity index (χ0) is 10.6. The minimum absolute atomic E-state index is 0.182. The molecule has 4 heteroatoms. The number of Topliss-reactive ketones (excluding diaryl/α,β-unsaturated/α-hetero) is 1. The van der Waals surface area contributed by atoms with Gasteiger partial charge in [0.15, 0.2) is 5.78 Å².